The molecule has 1 aromatic carbocycles. The first-order valence-electron chi connectivity index (χ1n) is 6.31. The van der Waals surface area contributed by atoms with Crippen LogP contribution in [0.2, 0.25) is 0 Å². The molecule has 0 amide bonds. The smallest absolute Gasteiger partial charge is 0.387 e. The molecule has 0 saturated heterocycles. The predicted octanol–water partition coefficient (Wildman–Crippen LogP) is 3.04. The molecule has 0 spiro atoms. The normalized spacial score (nSPS) is 10.9. The monoisotopic (exact) mass is 296 g/mol. The van der Waals surface area contributed by atoms with E-state index in [9.17, 15) is 18.7 Å². The standard InChI is InChI=1S/C14H14F2N2O3/c1-3-11-12(13(19)20)8(2)17-18(11)9-4-6-10(7-5-9)21-14(15)16/h4-7,14H,3H2,1-2H3,(H,19,20). The zero-order valence-electron chi connectivity index (χ0n) is 11.5. The highest BCUT2D eigenvalue weighted by Crippen LogP contribution is 2.22. The predicted molar refractivity (Wildman–Crippen MR) is 71.3 cm³/mol. The maximum Gasteiger partial charge on any atom is 0.387 e. The summed E-state index contributed by atoms with van der Waals surface area (Å²) in [5.41, 5.74) is 1.73. The molecular weight excluding hydrogens is 282 g/mol. The summed E-state index contributed by atoms with van der Waals surface area (Å²) < 4.78 is 30.0. The van der Waals surface area contributed by atoms with E-state index in [0.29, 0.717) is 23.5 Å². The van der Waals surface area contributed by atoms with Crippen molar-refractivity contribution >= 4 is 5.97 Å². The van der Waals surface area contributed by atoms with Crippen molar-refractivity contribution in [2.75, 3.05) is 0 Å². The number of aryl methyl sites for hydroxylation is 1. The van der Waals surface area contributed by atoms with Gasteiger partial charge in [0, 0.05) is 0 Å². The largest absolute Gasteiger partial charge is 0.478 e. The fourth-order valence-electron chi connectivity index (χ4n) is 2.16. The Kier molecular flexibility index (Phi) is 4.21. The lowest BCUT2D eigenvalue weighted by Gasteiger charge is -2.08. The Hall–Kier alpha value is -2.44. The summed E-state index contributed by atoms with van der Waals surface area (Å²) in [5.74, 6) is -0.998. The van der Waals surface area contributed by atoms with Crippen LogP contribution in [0, 0.1) is 6.92 Å². The molecule has 1 heterocycles. The highest BCUT2D eigenvalue weighted by Gasteiger charge is 2.20. The number of carboxylic acids is 1. The van der Waals surface area contributed by atoms with Crippen LogP contribution in [0.3, 0.4) is 0 Å². The summed E-state index contributed by atoms with van der Waals surface area (Å²) >= 11 is 0. The number of alkyl halides is 2. The third-order valence-corrected chi connectivity index (χ3v) is 3.01. The number of carboxylic acid groups (broad SMARTS) is 1. The zero-order chi connectivity index (χ0) is 15.6. The van der Waals surface area contributed by atoms with Crippen LogP contribution < -0.4 is 4.74 Å². The van der Waals surface area contributed by atoms with Gasteiger partial charge >= 0.3 is 12.6 Å². The summed E-state index contributed by atoms with van der Waals surface area (Å²) in [6.07, 6.45) is 0.484. The number of halogens is 2. The van der Waals surface area contributed by atoms with Gasteiger partial charge in [0.05, 0.1) is 17.1 Å². The molecular formula is C14H14F2N2O3. The van der Waals surface area contributed by atoms with E-state index >= 15 is 0 Å². The van der Waals surface area contributed by atoms with Crippen molar-refractivity contribution in [1.82, 2.24) is 9.78 Å². The second-order valence-corrected chi connectivity index (χ2v) is 4.35. The Bertz CT molecular complexity index is 651. The van der Waals surface area contributed by atoms with Crippen molar-refractivity contribution in [2.24, 2.45) is 0 Å². The van der Waals surface area contributed by atoms with Gasteiger partial charge in [-0.3, -0.25) is 0 Å². The third kappa shape index (κ3) is 3.01. The van der Waals surface area contributed by atoms with Crippen LogP contribution in [0.4, 0.5) is 8.78 Å². The van der Waals surface area contributed by atoms with Crippen molar-refractivity contribution in [3.8, 4) is 11.4 Å². The Labute approximate surface area is 119 Å². The van der Waals surface area contributed by atoms with Gasteiger partial charge in [0.1, 0.15) is 11.3 Å². The molecule has 2 aromatic rings. The summed E-state index contributed by atoms with van der Waals surface area (Å²) in [7, 11) is 0. The van der Waals surface area contributed by atoms with E-state index in [1.165, 1.54) is 16.8 Å². The number of carbonyl (C=O) groups is 1. The molecule has 0 radical (unpaired) electrons. The fraction of sp³-hybridized carbons (Fsp3) is 0.286. The van der Waals surface area contributed by atoms with Crippen molar-refractivity contribution < 1.29 is 23.4 Å². The van der Waals surface area contributed by atoms with Crippen LogP contribution in [-0.2, 0) is 6.42 Å². The summed E-state index contributed by atoms with van der Waals surface area (Å²) in [6, 6.07) is 5.88. The highest BCUT2D eigenvalue weighted by atomic mass is 19.3. The number of aromatic carboxylic acids is 1. The number of ether oxygens (including phenoxy) is 1. The SMILES string of the molecule is CCc1c(C(=O)O)c(C)nn1-c1ccc(OC(F)F)cc1. The van der Waals surface area contributed by atoms with Crippen molar-refractivity contribution in [3.05, 3.63) is 41.2 Å². The molecule has 0 fully saturated rings. The molecule has 21 heavy (non-hydrogen) atoms. The molecule has 0 aliphatic rings. The summed E-state index contributed by atoms with van der Waals surface area (Å²) in [5, 5.41) is 13.4. The second kappa shape index (κ2) is 5.90. The first-order chi connectivity index (χ1) is 9.93. The van der Waals surface area contributed by atoms with Crippen LogP contribution in [0.25, 0.3) is 5.69 Å². The van der Waals surface area contributed by atoms with Crippen LogP contribution in [-0.4, -0.2) is 27.5 Å². The van der Waals surface area contributed by atoms with Gasteiger partial charge < -0.3 is 9.84 Å². The lowest BCUT2D eigenvalue weighted by molar-refractivity contribution is -0.0498. The number of hydrogen-bond acceptors (Lipinski definition) is 3. The van der Waals surface area contributed by atoms with E-state index in [1.807, 2.05) is 6.92 Å². The number of aromatic nitrogens is 2. The van der Waals surface area contributed by atoms with Gasteiger partial charge in [0.25, 0.3) is 0 Å². The molecule has 0 atom stereocenters. The maximum atomic E-state index is 12.1. The molecule has 5 nitrogen and oxygen atoms in total. The lowest BCUT2D eigenvalue weighted by atomic mass is 10.1. The molecule has 0 saturated carbocycles. The molecule has 2 rings (SSSR count). The van der Waals surface area contributed by atoms with Gasteiger partial charge in [0.15, 0.2) is 0 Å². The van der Waals surface area contributed by atoms with E-state index in [-0.39, 0.29) is 11.3 Å². The number of benzene rings is 1. The highest BCUT2D eigenvalue weighted by molar-refractivity contribution is 5.90. The lowest BCUT2D eigenvalue weighted by Crippen LogP contribution is -2.06. The summed E-state index contributed by atoms with van der Waals surface area (Å²) in [6.45, 7) is 0.564. The molecule has 1 N–H and O–H groups in total. The molecule has 7 heteroatoms. The minimum absolute atomic E-state index is 0.0362. The van der Waals surface area contributed by atoms with Crippen molar-refractivity contribution in [2.45, 2.75) is 26.9 Å². The Morgan fingerprint density at radius 3 is 2.48 bits per heavy atom. The minimum atomic E-state index is -2.88. The molecule has 1 aromatic heterocycles. The molecule has 0 aliphatic carbocycles. The van der Waals surface area contributed by atoms with Gasteiger partial charge in [-0.05, 0) is 37.6 Å². The maximum absolute atomic E-state index is 12.1. The van der Waals surface area contributed by atoms with Crippen LogP contribution in [0.15, 0.2) is 24.3 Å². The molecule has 0 aliphatic heterocycles. The summed E-state index contributed by atoms with van der Waals surface area (Å²) in [4.78, 5) is 11.3. The van der Waals surface area contributed by atoms with Crippen molar-refractivity contribution in [1.29, 1.82) is 0 Å². The van der Waals surface area contributed by atoms with Crippen molar-refractivity contribution in [3.63, 3.8) is 0 Å². The number of nitrogens with zero attached hydrogens (tertiary/aromatic N) is 2. The first kappa shape index (κ1) is 15.0. The van der Waals surface area contributed by atoms with E-state index in [1.54, 1.807) is 19.1 Å². The van der Waals surface area contributed by atoms with E-state index in [0.717, 1.165) is 0 Å². The minimum Gasteiger partial charge on any atom is -0.478 e. The molecule has 112 valence electrons. The van der Waals surface area contributed by atoms with Crippen LogP contribution in [0.5, 0.6) is 5.75 Å². The Morgan fingerprint density at radius 2 is 2.00 bits per heavy atom. The van der Waals surface area contributed by atoms with Crippen LogP contribution in [0.1, 0.15) is 28.7 Å². The van der Waals surface area contributed by atoms with E-state index < -0.39 is 12.6 Å². The Morgan fingerprint density at radius 1 is 1.38 bits per heavy atom. The first-order valence-corrected chi connectivity index (χ1v) is 6.31. The quantitative estimate of drug-likeness (QED) is 0.921. The fourth-order valence-corrected chi connectivity index (χ4v) is 2.16. The number of hydrogen-bond donors (Lipinski definition) is 1. The Balaban J connectivity index is 2.42. The number of rotatable bonds is 5. The zero-order valence-corrected chi connectivity index (χ0v) is 11.5. The third-order valence-electron chi connectivity index (χ3n) is 3.01. The van der Waals surface area contributed by atoms with Gasteiger partial charge in [-0.25, -0.2) is 9.48 Å². The van der Waals surface area contributed by atoms with Gasteiger partial charge in [-0.2, -0.15) is 13.9 Å². The second-order valence-electron chi connectivity index (χ2n) is 4.35. The molecule has 0 unspecified atom stereocenters. The van der Waals surface area contributed by atoms with E-state index in [2.05, 4.69) is 9.84 Å². The van der Waals surface area contributed by atoms with Gasteiger partial charge in [-0.15, -0.1) is 0 Å². The van der Waals surface area contributed by atoms with E-state index in [4.69, 9.17) is 0 Å². The van der Waals surface area contributed by atoms with Gasteiger partial charge in [-0.1, -0.05) is 6.92 Å². The average Bonchev–Trinajstić information content (AvgIpc) is 2.75. The van der Waals surface area contributed by atoms with Crippen LogP contribution >= 0.6 is 0 Å². The topological polar surface area (TPSA) is 64.3 Å². The average molecular weight is 296 g/mol. The van der Waals surface area contributed by atoms with Gasteiger partial charge in [0.2, 0.25) is 0 Å². The molecule has 0 bridgehead atoms.